The minimum absolute atomic E-state index is 0.0240. The second-order valence-electron chi connectivity index (χ2n) is 10.3. The lowest BCUT2D eigenvalue weighted by molar-refractivity contribution is -0.134. The fraction of sp³-hybridized carbons (Fsp3) is 0.360. The number of nitrogens with zero attached hydrogens (tertiary/aromatic N) is 2. The number of benzene rings is 2. The van der Waals surface area contributed by atoms with E-state index in [1.54, 1.807) is 23.1 Å². The van der Waals surface area contributed by atoms with Gasteiger partial charge in [0, 0.05) is 29.8 Å². The van der Waals surface area contributed by atoms with E-state index >= 15 is 0 Å². The number of hydrogen-bond acceptors (Lipinski definition) is 7. The average molecular weight is 561 g/mol. The van der Waals surface area contributed by atoms with Crippen LogP contribution in [0.15, 0.2) is 63.1 Å². The zero-order chi connectivity index (χ0) is 27.0. The molecule has 0 aromatic heterocycles. The van der Waals surface area contributed by atoms with Crippen molar-refractivity contribution in [3.8, 4) is 0 Å². The first-order valence-corrected chi connectivity index (χ1v) is 15.5. The van der Waals surface area contributed by atoms with Crippen molar-refractivity contribution in [2.24, 2.45) is 22.2 Å². The van der Waals surface area contributed by atoms with Crippen LogP contribution in [0.25, 0.3) is 0 Å². The molecule has 200 valence electrons. The number of amides is 1. The monoisotopic (exact) mass is 560 g/mol. The highest BCUT2D eigenvalue weighted by molar-refractivity contribution is 7.92. The molecule has 4 aliphatic rings. The highest BCUT2D eigenvalue weighted by atomic mass is 32.2. The molecule has 2 aromatic carbocycles. The molecule has 2 aliphatic heterocycles. The number of fused-ring (bicyclic) bond motifs is 6. The van der Waals surface area contributed by atoms with Gasteiger partial charge in [-0.2, -0.15) is 8.42 Å². The van der Waals surface area contributed by atoms with E-state index in [9.17, 15) is 31.1 Å². The van der Waals surface area contributed by atoms with Crippen molar-refractivity contribution in [1.29, 1.82) is 0 Å². The number of anilines is 2. The molecule has 2 aliphatic carbocycles. The molecule has 0 radical (unpaired) electrons. The van der Waals surface area contributed by atoms with E-state index in [4.69, 9.17) is 0 Å². The molecule has 3 N–H and O–H groups in total. The number of aliphatic hydroxyl groups excluding tert-OH is 1. The summed E-state index contributed by atoms with van der Waals surface area (Å²) in [6.45, 7) is -0.0240. The van der Waals surface area contributed by atoms with Crippen molar-refractivity contribution < 1.29 is 31.1 Å². The number of sulfonamides is 2. The lowest BCUT2D eigenvalue weighted by Gasteiger charge is -2.44. The van der Waals surface area contributed by atoms with E-state index in [0.29, 0.717) is 5.56 Å². The summed E-state index contributed by atoms with van der Waals surface area (Å²) in [6, 6.07) is 9.71. The summed E-state index contributed by atoms with van der Waals surface area (Å²) >= 11 is 0. The van der Waals surface area contributed by atoms with Gasteiger partial charge in [0.1, 0.15) is 22.0 Å². The Morgan fingerprint density at radius 3 is 2.66 bits per heavy atom. The summed E-state index contributed by atoms with van der Waals surface area (Å²) in [5, 5.41) is 14.2. The minimum atomic E-state index is -4.37. The smallest absolute Gasteiger partial charge is 0.286 e. The van der Waals surface area contributed by atoms with Gasteiger partial charge in [-0.1, -0.05) is 18.2 Å². The summed E-state index contributed by atoms with van der Waals surface area (Å²) in [6.07, 6.45) is 3.54. The van der Waals surface area contributed by atoms with Crippen molar-refractivity contribution in [1.82, 2.24) is 4.90 Å². The molecule has 4 atom stereocenters. The van der Waals surface area contributed by atoms with Crippen LogP contribution in [0.4, 0.5) is 15.8 Å². The summed E-state index contributed by atoms with van der Waals surface area (Å²) in [5.74, 6) is -1.71. The fourth-order valence-electron chi connectivity index (χ4n) is 6.40. The maximum Gasteiger partial charge on any atom is 0.286 e. The maximum atomic E-state index is 14.6. The van der Waals surface area contributed by atoms with Gasteiger partial charge < -0.3 is 15.3 Å². The van der Waals surface area contributed by atoms with E-state index < -0.39 is 37.7 Å². The molecule has 0 saturated heterocycles. The number of rotatable bonds is 5. The second kappa shape index (κ2) is 8.53. The number of carbonyl (C=O) groups is 1. The van der Waals surface area contributed by atoms with Crippen LogP contribution in [0.2, 0.25) is 0 Å². The third kappa shape index (κ3) is 4.04. The summed E-state index contributed by atoms with van der Waals surface area (Å²) < 4.78 is 70.1. The Bertz CT molecular complexity index is 1650. The Morgan fingerprint density at radius 2 is 1.92 bits per heavy atom. The first kappa shape index (κ1) is 24.9. The predicted molar refractivity (Wildman–Crippen MR) is 138 cm³/mol. The zero-order valence-electron chi connectivity index (χ0n) is 20.3. The van der Waals surface area contributed by atoms with Crippen LogP contribution in [0, 0.1) is 23.6 Å². The van der Waals surface area contributed by atoms with Crippen molar-refractivity contribution in [3.05, 3.63) is 65.2 Å². The van der Waals surface area contributed by atoms with Crippen molar-refractivity contribution in [2.75, 3.05) is 16.3 Å². The van der Waals surface area contributed by atoms with Crippen LogP contribution in [0.3, 0.4) is 0 Å². The Kier molecular flexibility index (Phi) is 5.58. The largest absolute Gasteiger partial charge is 0.511 e. The van der Waals surface area contributed by atoms with Crippen LogP contribution in [-0.4, -0.2) is 50.9 Å². The number of aliphatic hydroxyl groups is 1. The summed E-state index contributed by atoms with van der Waals surface area (Å²) in [5.41, 5.74) is 0.193. The Hall–Kier alpha value is -3.45. The van der Waals surface area contributed by atoms with Crippen LogP contribution < -0.4 is 10.0 Å². The number of nitrogens with one attached hydrogen (secondary N) is 2. The SMILES string of the molecule is CS(=O)(=O)Nc1ccc2c(c1)S(=O)(=O)N=C(C1=C(O)[C@@H]3[C@H]4CC[C@H](C4)[C@@H]3N(Cc3ccccc3F)C1=O)N2. The van der Waals surface area contributed by atoms with Gasteiger partial charge in [0.15, 0.2) is 5.84 Å². The molecular weight excluding hydrogens is 535 g/mol. The summed E-state index contributed by atoms with van der Waals surface area (Å²) in [7, 11) is -8.02. The van der Waals surface area contributed by atoms with Gasteiger partial charge in [0.25, 0.3) is 15.9 Å². The molecule has 38 heavy (non-hydrogen) atoms. The summed E-state index contributed by atoms with van der Waals surface area (Å²) in [4.78, 5) is 15.2. The highest BCUT2D eigenvalue weighted by Gasteiger charge is 2.57. The number of amidine groups is 1. The zero-order valence-corrected chi connectivity index (χ0v) is 21.9. The normalized spacial score (nSPS) is 27.5. The molecule has 0 unspecified atom stereocenters. The Labute approximate surface area is 219 Å². The third-order valence-corrected chi connectivity index (χ3v) is 9.76. The van der Waals surface area contributed by atoms with Crippen molar-refractivity contribution >= 4 is 43.2 Å². The predicted octanol–water partition coefficient (Wildman–Crippen LogP) is 2.98. The van der Waals surface area contributed by atoms with Crippen LogP contribution in [0.1, 0.15) is 24.8 Å². The van der Waals surface area contributed by atoms with E-state index in [2.05, 4.69) is 14.4 Å². The van der Waals surface area contributed by atoms with E-state index in [1.165, 1.54) is 18.2 Å². The number of hydrogen-bond donors (Lipinski definition) is 3. The maximum absolute atomic E-state index is 14.6. The highest BCUT2D eigenvalue weighted by Crippen LogP contribution is 2.55. The van der Waals surface area contributed by atoms with Gasteiger partial charge in [0.05, 0.1) is 11.9 Å². The first-order chi connectivity index (χ1) is 17.9. The molecule has 0 spiro atoms. The van der Waals surface area contributed by atoms with Crippen molar-refractivity contribution in [2.45, 2.75) is 36.7 Å². The second-order valence-corrected chi connectivity index (χ2v) is 13.6. The molecule has 1 amide bonds. The first-order valence-electron chi connectivity index (χ1n) is 12.1. The van der Waals surface area contributed by atoms with Gasteiger partial charge >= 0.3 is 0 Å². The molecule has 2 bridgehead atoms. The average Bonchev–Trinajstić information content (AvgIpc) is 3.44. The van der Waals surface area contributed by atoms with Gasteiger partial charge in [0.2, 0.25) is 10.0 Å². The van der Waals surface area contributed by atoms with E-state index in [1.807, 2.05) is 0 Å². The molecule has 10 nitrogen and oxygen atoms in total. The van der Waals surface area contributed by atoms with Gasteiger partial charge in [-0.05, 0) is 55.4 Å². The van der Waals surface area contributed by atoms with Crippen LogP contribution in [0.5, 0.6) is 0 Å². The third-order valence-electron chi connectivity index (χ3n) is 7.84. The van der Waals surface area contributed by atoms with Gasteiger partial charge in [-0.25, -0.2) is 12.8 Å². The van der Waals surface area contributed by atoms with Crippen LogP contribution in [-0.2, 0) is 31.4 Å². The molecular formula is C25H25FN4O6S2. The fourth-order valence-corrected chi connectivity index (χ4v) is 8.11. The number of halogens is 1. The van der Waals surface area contributed by atoms with Gasteiger partial charge in [-0.15, -0.1) is 4.40 Å². The molecule has 13 heteroatoms. The minimum Gasteiger partial charge on any atom is -0.511 e. The standard InChI is InChI=1S/C25H25FN4O6S2/c1-37(33,34)28-16-8-9-18-19(11-16)38(35,36)29-24(27-18)21-23(31)20-13-6-7-14(10-13)22(20)30(25(21)32)12-15-4-2-3-5-17(15)26/h2-5,8-9,11,13-14,20,22,28,31H,6-7,10,12H2,1H3,(H,27,29)/t13-,14+,20+,22-/m0/s1. The lowest BCUT2D eigenvalue weighted by atomic mass is 9.77. The quantitative estimate of drug-likeness (QED) is 0.510. The molecule has 6 rings (SSSR count). The Balaban J connectivity index is 1.42. The van der Waals surface area contributed by atoms with Gasteiger partial charge in [-0.3, -0.25) is 9.52 Å². The molecule has 2 saturated carbocycles. The van der Waals surface area contributed by atoms with E-state index in [0.717, 1.165) is 31.6 Å². The molecule has 2 fully saturated rings. The topological polar surface area (TPSA) is 145 Å². The molecule has 2 aromatic rings. The van der Waals surface area contributed by atoms with E-state index in [-0.39, 0.29) is 57.9 Å². The molecule has 2 heterocycles. The van der Waals surface area contributed by atoms with Crippen LogP contribution >= 0.6 is 0 Å². The lowest BCUT2D eigenvalue weighted by Crippen LogP contribution is -2.53. The Morgan fingerprint density at radius 1 is 1.18 bits per heavy atom. The number of carbonyl (C=O) groups excluding carboxylic acids is 1. The van der Waals surface area contributed by atoms with Crippen molar-refractivity contribution in [3.63, 3.8) is 0 Å².